The minimum atomic E-state index is -4.80. The summed E-state index contributed by atoms with van der Waals surface area (Å²) in [6, 6.07) is 90.3. The summed E-state index contributed by atoms with van der Waals surface area (Å²) in [4.78, 5) is 66.5. The first kappa shape index (κ1) is 93.3. The summed E-state index contributed by atoms with van der Waals surface area (Å²) in [5.41, 5.74) is 10.6. The van der Waals surface area contributed by atoms with E-state index in [1.165, 1.54) is 84.9 Å². The lowest BCUT2D eigenvalue weighted by Gasteiger charge is -2.29. The van der Waals surface area contributed by atoms with E-state index in [1.807, 2.05) is 182 Å². The number of anilines is 5. The summed E-state index contributed by atoms with van der Waals surface area (Å²) in [5, 5.41) is 63.0. The summed E-state index contributed by atoms with van der Waals surface area (Å²) >= 11 is 6.28. The number of hydrogen-bond acceptors (Lipinski definition) is 11. The number of hydrogen-bond donors (Lipinski definition) is 10. The van der Waals surface area contributed by atoms with E-state index >= 15 is 0 Å². The van der Waals surface area contributed by atoms with Gasteiger partial charge in [0.1, 0.15) is 61.6 Å². The normalized spacial score (nSPS) is 18.6. The molecule has 0 unspecified atom stereocenters. The molecule has 0 saturated carbocycles. The fourth-order valence-corrected chi connectivity index (χ4v) is 19.1. The second-order valence-electron chi connectivity index (χ2n) is 33.8. The third-order valence-electron chi connectivity index (χ3n) is 25.6. The number of rotatable bonds is 11. The van der Waals surface area contributed by atoms with Gasteiger partial charge in [-0.05, 0) is 212 Å². The van der Waals surface area contributed by atoms with Gasteiger partial charge in [0.25, 0.3) is 0 Å². The Labute approximate surface area is 780 Å². The molecule has 15 aromatic carbocycles. The van der Waals surface area contributed by atoms with Crippen molar-refractivity contribution < 1.29 is 93.8 Å². The van der Waals surface area contributed by atoms with E-state index in [-0.39, 0.29) is 74.7 Å². The summed E-state index contributed by atoms with van der Waals surface area (Å²) in [5.74, 6) is -1.59. The van der Waals surface area contributed by atoms with Crippen LogP contribution in [0.2, 0.25) is 5.02 Å². The van der Waals surface area contributed by atoms with E-state index in [1.54, 1.807) is 97.1 Å². The number of fused-ring (bicyclic) bond motifs is 5. The van der Waals surface area contributed by atoms with Crippen LogP contribution in [0.15, 0.2) is 328 Å². The third kappa shape index (κ3) is 16.4. The van der Waals surface area contributed by atoms with Gasteiger partial charge in [0.15, 0.2) is 0 Å². The van der Waals surface area contributed by atoms with Gasteiger partial charge >= 0.3 is 18.7 Å². The van der Waals surface area contributed by atoms with Crippen molar-refractivity contribution in [1.29, 1.82) is 0 Å². The number of para-hydroxylation sites is 4. The predicted octanol–water partition coefficient (Wildman–Crippen LogP) is 24.1. The number of amides is 5. The van der Waals surface area contributed by atoms with Crippen LogP contribution in [0, 0.1) is 48.5 Å². The zero-order valence-electron chi connectivity index (χ0n) is 73.6. The van der Waals surface area contributed by atoms with Gasteiger partial charge in [-0.15, -0.1) is 13.2 Å². The van der Waals surface area contributed by atoms with E-state index in [4.69, 9.17) is 11.6 Å². The number of aryl methyl sites for hydroxylation is 6. The maximum absolute atomic E-state index is 13.5. The van der Waals surface area contributed by atoms with E-state index in [9.17, 15) is 89.0 Å². The van der Waals surface area contributed by atoms with Gasteiger partial charge in [-0.25, -0.2) is 0 Å². The molecule has 15 aromatic rings. The number of benzene rings is 15. The molecule has 0 saturated heterocycles. The molecule has 5 amide bonds. The molecule has 0 fully saturated rings. The van der Waals surface area contributed by atoms with Crippen molar-refractivity contribution >= 4 is 69.6 Å². The Kier molecular flexibility index (Phi) is 24.6. The molecular formula is C110H85ClF9N5O11. The van der Waals surface area contributed by atoms with Crippen LogP contribution in [0.4, 0.5) is 68.0 Å². The van der Waals surface area contributed by atoms with Crippen molar-refractivity contribution in [3.05, 3.63) is 466 Å². The van der Waals surface area contributed by atoms with Crippen LogP contribution in [-0.4, -0.2) is 61.4 Å². The molecule has 0 bridgehead atoms. The number of halogens is 10. The van der Waals surface area contributed by atoms with Crippen LogP contribution in [0.5, 0.6) is 34.5 Å². The molecule has 0 radical (unpaired) electrons. The smallest absolute Gasteiger partial charge is 0.508 e. The van der Waals surface area contributed by atoms with Crippen molar-refractivity contribution in [3.63, 3.8) is 0 Å². The van der Waals surface area contributed by atoms with Crippen LogP contribution in [0.1, 0.15) is 134 Å². The van der Waals surface area contributed by atoms with Crippen LogP contribution in [0.25, 0.3) is 0 Å². The first-order chi connectivity index (χ1) is 64.7. The van der Waals surface area contributed by atoms with E-state index in [0.717, 1.165) is 95.8 Å². The number of carbonyl (C=O) groups excluding carboxylic acids is 5. The van der Waals surface area contributed by atoms with Crippen molar-refractivity contribution in [2.45, 2.75) is 94.3 Å². The maximum atomic E-state index is 13.5. The zero-order chi connectivity index (χ0) is 97.1. The van der Waals surface area contributed by atoms with Crippen molar-refractivity contribution in [2.75, 3.05) is 26.6 Å². The Morgan fingerprint density at radius 1 is 0.250 bits per heavy atom. The summed E-state index contributed by atoms with van der Waals surface area (Å²) in [6.07, 6.45) is -14.0. The van der Waals surface area contributed by atoms with Crippen molar-refractivity contribution in [1.82, 2.24) is 0 Å². The van der Waals surface area contributed by atoms with Crippen LogP contribution < -0.4 is 31.3 Å². The number of alkyl halides is 9. The topological polar surface area (TPSA) is 256 Å². The number of aromatic hydroxyl groups is 5. The van der Waals surface area contributed by atoms with Crippen LogP contribution in [-0.2, 0) is 63.4 Å². The molecule has 20 rings (SSSR count). The highest BCUT2D eigenvalue weighted by Gasteiger charge is 2.57. The highest BCUT2D eigenvalue weighted by atomic mass is 35.5. The average Bonchev–Trinajstić information content (AvgIpc) is 1.47. The van der Waals surface area contributed by atoms with Crippen molar-refractivity contribution in [2.24, 2.45) is 0 Å². The van der Waals surface area contributed by atoms with Gasteiger partial charge in [0.05, 0.1) is 28.2 Å². The molecule has 26 heteroatoms. The third-order valence-corrected chi connectivity index (χ3v) is 26.0. The summed E-state index contributed by atoms with van der Waals surface area (Å²) in [7, 11) is 0. The Bertz CT molecular complexity index is 6790. The Morgan fingerprint density at radius 2 is 0.456 bits per heavy atom. The van der Waals surface area contributed by atoms with Gasteiger partial charge in [-0.3, -0.25) is 24.0 Å². The van der Waals surface area contributed by atoms with Gasteiger partial charge < -0.3 is 56.9 Å². The maximum Gasteiger partial charge on any atom is 0.573 e. The summed E-state index contributed by atoms with van der Waals surface area (Å²) < 4.78 is 123. The highest BCUT2D eigenvalue weighted by molar-refractivity contribution is 6.32. The van der Waals surface area contributed by atoms with Crippen LogP contribution in [0.3, 0.4) is 0 Å². The van der Waals surface area contributed by atoms with Crippen LogP contribution >= 0.6 is 11.6 Å². The van der Waals surface area contributed by atoms with Crippen molar-refractivity contribution in [3.8, 4) is 34.5 Å². The minimum absolute atomic E-state index is 0.00507. The van der Waals surface area contributed by atoms with E-state index < -0.39 is 68.7 Å². The Morgan fingerprint density at radius 3 is 0.699 bits per heavy atom. The molecular weight excluding hydrogens is 1770 g/mol. The molecule has 10 N–H and O–H groups in total. The molecule has 5 heterocycles. The van der Waals surface area contributed by atoms with E-state index in [2.05, 4.69) is 31.3 Å². The monoisotopic (exact) mass is 1860 g/mol. The number of phenols is 5. The van der Waals surface area contributed by atoms with E-state index in [0.29, 0.717) is 49.7 Å². The Hall–Kier alpha value is -15.9. The fraction of sp³-hybridized carbons (Fsp3) is 0.136. The fourth-order valence-electron chi connectivity index (χ4n) is 18.9. The number of ether oxygens (including phenoxy) is 1. The largest absolute Gasteiger partial charge is 0.573 e. The zero-order valence-corrected chi connectivity index (χ0v) is 74.4. The first-order valence-corrected chi connectivity index (χ1v) is 43.2. The molecule has 0 aliphatic carbocycles. The second-order valence-corrected chi connectivity index (χ2v) is 34.2. The number of carbonyl (C=O) groups is 5. The first-order valence-electron chi connectivity index (χ1n) is 42.8. The van der Waals surface area contributed by atoms with Gasteiger partial charge in [-0.1, -0.05) is 270 Å². The van der Waals surface area contributed by atoms with Gasteiger partial charge in [0, 0.05) is 44.2 Å². The lowest BCUT2D eigenvalue weighted by Crippen LogP contribution is -2.37. The SMILES string of the molecule is Cc1ccc([C@@]2(c3ccc(O)cc3)C(=O)Nc3c(C(F)(F)F)cccc32)cc1.Cc1ccc([C@@]2(c3ccc(O)cc3)C(=O)Nc3c(C(F)(F)F)cccc32)cc1.Cc1ccc([C@@]2(c3ccc(O)cc3)C(=O)Nc3c(C)cccc32)cc1.Cc1ccc([C@@]2(c3ccc(O)cc3)C(=O)Nc3c2ccc(Cl)c3C)cc1.Cc1cccc2c1NC(=O)[C@]2(c1ccc(O)cc1)c1ccc(OC(F)(F)F)cc1. The van der Waals surface area contributed by atoms with Gasteiger partial charge in [0.2, 0.25) is 29.5 Å². The molecule has 5 aliphatic rings. The standard InChI is InChI=1S/C22H18ClNO2.C22H16F3NO3.2C22H16F3NO2.C22H19NO2/c1-13-3-5-15(6-4-13)22(16-7-9-17(25)10-8-16)18-11-12-19(23)14(2)20(18)24-21(22)26;1-13-3-2-4-18-19(13)26-20(28)21(18,14-5-9-16(27)10-6-14)15-7-11-17(12-8-15)29-22(23,24)25;2*1-13-5-7-14(8-6-13)21(15-9-11-16(27)12-10-15)17-3-2-4-18(22(23,24)25)19(17)26-20(21)28;1-14-6-8-16(9-7-14)22(17-10-12-18(24)13-11-17)19-5-3-4-15(2)20(19)23-21(22)25/h3-12,25H,1-2H3,(H,24,26);2-12,27H,1H3,(H,26,28);2*2-12,27H,1H3,(H,26,28);3-13,24H,1-2H3,(H,23,25)/t22-;3*21-;22-/m01000/s1. The molecule has 686 valence electrons. The molecule has 0 spiro atoms. The molecule has 136 heavy (non-hydrogen) atoms. The number of nitrogens with one attached hydrogen (secondary N) is 5. The van der Waals surface area contributed by atoms with Gasteiger partial charge in [-0.2, -0.15) is 26.3 Å². The quantitative estimate of drug-likeness (QED) is 0.0545. The predicted molar refractivity (Wildman–Crippen MR) is 502 cm³/mol. The number of phenolic OH excluding ortho intramolecular Hbond substituents is 5. The molecule has 0 aromatic heterocycles. The summed E-state index contributed by atoms with van der Waals surface area (Å²) in [6.45, 7) is 13.6. The lowest BCUT2D eigenvalue weighted by molar-refractivity contribution is -0.274. The Balaban J connectivity index is 0.000000123. The molecule has 5 atom stereocenters. The average molecular weight is 1860 g/mol. The molecule has 16 nitrogen and oxygen atoms in total. The molecule has 5 aliphatic heterocycles. The minimum Gasteiger partial charge on any atom is -0.508 e. The lowest BCUT2D eigenvalue weighted by atomic mass is 9.70. The highest BCUT2D eigenvalue weighted by Crippen LogP contribution is 2.57. The second kappa shape index (κ2) is 35.9.